The lowest BCUT2D eigenvalue weighted by Crippen LogP contribution is -2.25. The molecule has 0 atom stereocenters. The third kappa shape index (κ3) is 2.90. The third-order valence-electron chi connectivity index (χ3n) is 4.52. The SMILES string of the molecule is Cn1nc(C(=O)NCc2cccnc2-n2cncn2)c2c1CCCC2. The first-order valence-corrected chi connectivity index (χ1v) is 8.36. The fourth-order valence-corrected chi connectivity index (χ4v) is 3.31. The van der Waals surface area contributed by atoms with E-state index in [0.717, 1.165) is 36.8 Å². The van der Waals surface area contributed by atoms with Gasteiger partial charge in [-0.2, -0.15) is 10.2 Å². The van der Waals surface area contributed by atoms with Gasteiger partial charge in [-0.25, -0.2) is 14.6 Å². The normalized spacial score (nSPS) is 13.5. The van der Waals surface area contributed by atoms with E-state index in [4.69, 9.17) is 0 Å². The van der Waals surface area contributed by atoms with Crippen LogP contribution < -0.4 is 5.32 Å². The Balaban J connectivity index is 1.54. The minimum atomic E-state index is -0.146. The van der Waals surface area contributed by atoms with Crippen LogP contribution in [-0.4, -0.2) is 35.4 Å². The maximum Gasteiger partial charge on any atom is 0.272 e. The molecule has 0 radical (unpaired) electrons. The molecule has 0 bridgehead atoms. The smallest absolute Gasteiger partial charge is 0.272 e. The van der Waals surface area contributed by atoms with Gasteiger partial charge in [0.2, 0.25) is 0 Å². The molecule has 128 valence electrons. The number of carbonyl (C=O) groups excluding carboxylic acids is 1. The molecular formula is C17H19N7O. The fourth-order valence-electron chi connectivity index (χ4n) is 3.31. The zero-order valence-electron chi connectivity index (χ0n) is 14.0. The summed E-state index contributed by atoms with van der Waals surface area (Å²) in [5, 5.41) is 11.5. The zero-order valence-corrected chi connectivity index (χ0v) is 14.0. The molecule has 1 N–H and O–H groups in total. The minimum absolute atomic E-state index is 0.146. The van der Waals surface area contributed by atoms with E-state index in [-0.39, 0.29) is 5.91 Å². The molecule has 1 aliphatic carbocycles. The number of hydrogen-bond acceptors (Lipinski definition) is 5. The molecule has 8 heteroatoms. The number of carbonyl (C=O) groups is 1. The first-order valence-electron chi connectivity index (χ1n) is 8.36. The van der Waals surface area contributed by atoms with Crippen molar-refractivity contribution in [1.82, 2.24) is 34.8 Å². The largest absolute Gasteiger partial charge is 0.346 e. The van der Waals surface area contributed by atoms with Crippen LogP contribution in [0.1, 0.15) is 40.2 Å². The summed E-state index contributed by atoms with van der Waals surface area (Å²) >= 11 is 0. The average molecular weight is 337 g/mol. The first kappa shape index (κ1) is 15.5. The second kappa shape index (κ2) is 6.46. The highest BCUT2D eigenvalue weighted by Crippen LogP contribution is 2.23. The highest BCUT2D eigenvalue weighted by atomic mass is 16.1. The number of rotatable bonds is 4. The lowest BCUT2D eigenvalue weighted by atomic mass is 9.95. The van der Waals surface area contributed by atoms with Crippen LogP contribution in [0.5, 0.6) is 0 Å². The predicted octanol–water partition coefficient (Wildman–Crippen LogP) is 1.20. The number of aromatic nitrogens is 6. The summed E-state index contributed by atoms with van der Waals surface area (Å²) in [6.07, 6.45) is 8.91. The topological polar surface area (TPSA) is 90.5 Å². The van der Waals surface area contributed by atoms with Crippen LogP contribution in [0.4, 0.5) is 0 Å². The number of aryl methyl sites for hydroxylation is 1. The van der Waals surface area contributed by atoms with E-state index >= 15 is 0 Å². The lowest BCUT2D eigenvalue weighted by molar-refractivity contribution is 0.0944. The molecule has 0 saturated carbocycles. The molecule has 0 fully saturated rings. The van der Waals surface area contributed by atoms with Crippen LogP contribution in [-0.2, 0) is 26.4 Å². The Hall–Kier alpha value is -3.03. The van der Waals surface area contributed by atoms with E-state index in [1.807, 2.05) is 23.9 Å². The number of nitrogens with zero attached hydrogens (tertiary/aromatic N) is 6. The zero-order chi connectivity index (χ0) is 17.2. The van der Waals surface area contributed by atoms with Gasteiger partial charge in [0.1, 0.15) is 12.7 Å². The van der Waals surface area contributed by atoms with Crippen molar-refractivity contribution >= 4 is 5.91 Å². The van der Waals surface area contributed by atoms with Gasteiger partial charge in [0.25, 0.3) is 5.91 Å². The van der Waals surface area contributed by atoms with E-state index in [0.29, 0.717) is 18.1 Å². The molecule has 4 rings (SSSR count). The van der Waals surface area contributed by atoms with Gasteiger partial charge >= 0.3 is 0 Å². The summed E-state index contributed by atoms with van der Waals surface area (Å²) in [6.45, 7) is 0.354. The van der Waals surface area contributed by atoms with Gasteiger partial charge in [0, 0.05) is 36.6 Å². The molecule has 3 aromatic heterocycles. The number of pyridine rings is 1. The molecule has 0 aliphatic heterocycles. The van der Waals surface area contributed by atoms with Crippen molar-refractivity contribution in [2.45, 2.75) is 32.2 Å². The van der Waals surface area contributed by atoms with Crippen LogP contribution in [0.2, 0.25) is 0 Å². The van der Waals surface area contributed by atoms with Crippen molar-refractivity contribution < 1.29 is 4.79 Å². The monoisotopic (exact) mass is 337 g/mol. The number of hydrogen-bond donors (Lipinski definition) is 1. The van der Waals surface area contributed by atoms with E-state index in [1.165, 1.54) is 12.0 Å². The molecule has 0 aromatic carbocycles. The number of fused-ring (bicyclic) bond motifs is 1. The first-order chi connectivity index (χ1) is 12.2. The molecular weight excluding hydrogens is 318 g/mol. The summed E-state index contributed by atoms with van der Waals surface area (Å²) in [6, 6.07) is 3.75. The molecule has 3 aromatic rings. The number of nitrogens with one attached hydrogen (secondary N) is 1. The Bertz CT molecular complexity index is 898. The van der Waals surface area contributed by atoms with Gasteiger partial charge < -0.3 is 5.32 Å². The van der Waals surface area contributed by atoms with Crippen molar-refractivity contribution in [2.75, 3.05) is 0 Å². The Morgan fingerprint density at radius 3 is 3.04 bits per heavy atom. The molecule has 0 spiro atoms. The number of amides is 1. The van der Waals surface area contributed by atoms with E-state index in [1.54, 1.807) is 17.2 Å². The van der Waals surface area contributed by atoms with Crippen LogP contribution in [0, 0.1) is 0 Å². The van der Waals surface area contributed by atoms with Crippen LogP contribution in [0.3, 0.4) is 0 Å². The standard InChI is InChI=1S/C17H19N7O/c1-23-14-7-3-2-6-13(14)15(22-23)17(25)20-9-12-5-4-8-19-16(12)24-11-18-10-21-24/h4-5,8,10-11H,2-3,6-7,9H2,1H3,(H,20,25). The maximum atomic E-state index is 12.7. The summed E-state index contributed by atoms with van der Waals surface area (Å²) in [4.78, 5) is 20.9. The summed E-state index contributed by atoms with van der Waals surface area (Å²) in [5.41, 5.74) is 3.68. The second-order valence-corrected chi connectivity index (χ2v) is 6.11. The van der Waals surface area contributed by atoms with E-state index in [9.17, 15) is 4.79 Å². The van der Waals surface area contributed by atoms with E-state index in [2.05, 4.69) is 25.5 Å². The van der Waals surface area contributed by atoms with Gasteiger partial charge in [-0.05, 0) is 31.7 Å². The third-order valence-corrected chi connectivity index (χ3v) is 4.52. The maximum absolute atomic E-state index is 12.7. The van der Waals surface area contributed by atoms with Crippen molar-refractivity contribution in [3.63, 3.8) is 0 Å². The van der Waals surface area contributed by atoms with Crippen LogP contribution >= 0.6 is 0 Å². The second-order valence-electron chi connectivity index (χ2n) is 6.11. The predicted molar refractivity (Wildman–Crippen MR) is 90.2 cm³/mol. The Morgan fingerprint density at radius 2 is 2.20 bits per heavy atom. The highest BCUT2D eigenvalue weighted by molar-refractivity contribution is 5.94. The molecule has 1 aliphatic rings. The van der Waals surface area contributed by atoms with Crippen molar-refractivity contribution in [3.8, 4) is 5.82 Å². The molecule has 3 heterocycles. The Morgan fingerprint density at radius 1 is 1.32 bits per heavy atom. The molecule has 0 saturated heterocycles. The van der Waals surface area contributed by atoms with Crippen molar-refractivity contribution in [3.05, 3.63) is 53.5 Å². The lowest BCUT2D eigenvalue weighted by Gasteiger charge is -2.12. The molecule has 8 nitrogen and oxygen atoms in total. The van der Waals surface area contributed by atoms with Crippen LogP contribution in [0.15, 0.2) is 31.0 Å². The Labute approximate surface area is 144 Å². The molecule has 0 unspecified atom stereocenters. The van der Waals surface area contributed by atoms with Crippen molar-refractivity contribution in [2.24, 2.45) is 7.05 Å². The van der Waals surface area contributed by atoms with Gasteiger partial charge in [-0.15, -0.1) is 0 Å². The summed E-state index contributed by atoms with van der Waals surface area (Å²) in [7, 11) is 1.91. The van der Waals surface area contributed by atoms with E-state index < -0.39 is 0 Å². The van der Waals surface area contributed by atoms with Gasteiger partial charge in [0.15, 0.2) is 11.5 Å². The molecule has 25 heavy (non-hydrogen) atoms. The fraction of sp³-hybridized carbons (Fsp3) is 0.353. The molecule has 1 amide bonds. The summed E-state index contributed by atoms with van der Waals surface area (Å²) < 4.78 is 3.43. The minimum Gasteiger partial charge on any atom is -0.346 e. The quantitative estimate of drug-likeness (QED) is 0.773. The summed E-state index contributed by atoms with van der Waals surface area (Å²) in [5.74, 6) is 0.510. The van der Waals surface area contributed by atoms with Gasteiger partial charge in [-0.3, -0.25) is 9.48 Å². The highest BCUT2D eigenvalue weighted by Gasteiger charge is 2.23. The Kier molecular flexibility index (Phi) is 4.01. The van der Waals surface area contributed by atoms with Gasteiger partial charge in [0.05, 0.1) is 0 Å². The van der Waals surface area contributed by atoms with Gasteiger partial charge in [-0.1, -0.05) is 6.07 Å². The average Bonchev–Trinajstić information content (AvgIpc) is 3.29. The van der Waals surface area contributed by atoms with Crippen LogP contribution in [0.25, 0.3) is 5.82 Å². The van der Waals surface area contributed by atoms with Crippen molar-refractivity contribution in [1.29, 1.82) is 0 Å².